The van der Waals surface area contributed by atoms with Crippen molar-refractivity contribution >= 4 is 28.9 Å². The highest BCUT2D eigenvalue weighted by atomic mass is 35.5. The third kappa shape index (κ3) is 3.81. The minimum absolute atomic E-state index is 0.0295. The van der Waals surface area contributed by atoms with Gasteiger partial charge in [-0.3, -0.25) is 0 Å². The fourth-order valence-corrected chi connectivity index (χ4v) is 2.14. The standard InChI is InChI=1S/C14H10Cl2F3N/c15-11-3-1-2-9(6-11)8-20-13-5-4-10(7-12(13)16)14(17,18)19/h1-7,20H,8H2. The van der Waals surface area contributed by atoms with E-state index in [0.29, 0.717) is 17.3 Å². The number of hydrogen-bond donors (Lipinski definition) is 1. The molecule has 0 atom stereocenters. The predicted octanol–water partition coefficient (Wildman–Crippen LogP) is 5.62. The van der Waals surface area contributed by atoms with Crippen molar-refractivity contribution in [2.24, 2.45) is 0 Å². The van der Waals surface area contributed by atoms with Gasteiger partial charge in [0.2, 0.25) is 0 Å². The molecule has 0 bridgehead atoms. The van der Waals surface area contributed by atoms with Gasteiger partial charge in [0.25, 0.3) is 0 Å². The Labute approximate surface area is 124 Å². The molecule has 0 aromatic heterocycles. The monoisotopic (exact) mass is 319 g/mol. The topological polar surface area (TPSA) is 12.0 Å². The van der Waals surface area contributed by atoms with Crippen molar-refractivity contribution in [2.45, 2.75) is 12.7 Å². The summed E-state index contributed by atoms with van der Waals surface area (Å²) in [5.41, 5.74) is 0.587. The lowest BCUT2D eigenvalue weighted by Gasteiger charge is -2.12. The summed E-state index contributed by atoms with van der Waals surface area (Å²) in [6.07, 6.45) is -4.39. The molecule has 6 heteroatoms. The van der Waals surface area contributed by atoms with Crippen LogP contribution in [0.2, 0.25) is 10.0 Å². The fraction of sp³-hybridized carbons (Fsp3) is 0.143. The maximum atomic E-state index is 12.5. The summed E-state index contributed by atoms with van der Waals surface area (Å²) >= 11 is 11.7. The van der Waals surface area contributed by atoms with Crippen molar-refractivity contribution in [3.8, 4) is 0 Å². The smallest absolute Gasteiger partial charge is 0.380 e. The van der Waals surface area contributed by atoms with Gasteiger partial charge in [-0.25, -0.2) is 0 Å². The van der Waals surface area contributed by atoms with Crippen LogP contribution in [-0.4, -0.2) is 0 Å². The summed E-state index contributed by atoms with van der Waals surface area (Å²) in [6, 6.07) is 10.4. The lowest BCUT2D eigenvalue weighted by molar-refractivity contribution is -0.137. The van der Waals surface area contributed by atoms with Gasteiger partial charge in [0.15, 0.2) is 0 Å². The summed E-state index contributed by atoms with van der Waals surface area (Å²) in [7, 11) is 0. The van der Waals surface area contributed by atoms with Crippen LogP contribution in [0, 0.1) is 0 Å². The molecule has 2 rings (SSSR count). The fourth-order valence-electron chi connectivity index (χ4n) is 1.68. The molecule has 2 aromatic rings. The van der Waals surface area contributed by atoms with Crippen LogP contribution in [0.1, 0.15) is 11.1 Å². The quantitative estimate of drug-likeness (QED) is 0.773. The van der Waals surface area contributed by atoms with Crippen LogP contribution in [0.15, 0.2) is 42.5 Å². The highest BCUT2D eigenvalue weighted by Crippen LogP contribution is 2.33. The van der Waals surface area contributed by atoms with Gasteiger partial charge in [0.1, 0.15) is 0 Å². The first-order valence-corrected chi connectivity index (χ1v) is 6.47. The van der Waals surface area contributed by atoms with Crippen LogP contribution in [0.5, 0.6) is 0 Å². The minimum atomic E-state index is -4.39. The van der Waals surface area contributed by atoms with E-state index < -0.39 is 11.7 Å². The Bertz CT molecular complexity index is 612. The Balaban J connectivity index is 2.11. The number of hydrogen-bond acceptors (Lipinski definition) is 1. The molecular weight excluding hydrogens is 310 g/mol. The van der Waals surface area contributed by atoms with Crippen molar-refractivity contribution in [3.05, 3.63) is 63.6 Å². The first kappa shape index (κ1) is 15.0. The van der Waals surface area contributed by atoms with Gasteiger partial charge < -0.3 is 5.32 Å². The summed E-state index contributed by atoms with van der Waals surface area (Å²) in [5, 5.41) is 3.61. The Morgan fingerprint density at radius 1 is 1.00 bits per heavy atom. The van der Waals surface area contributed by atoms with E-state index in [2.05, 4.69) is 5.32 Å². The summed E-state index contributed by atoms with van der Waals surface area (Å²) in [6.45, 7) is 0.422. The predicted molar refractivity (Wildman–Crippen MR) is 75.2 cm³/mol. The van der Waals surface area contributed by atoms with Crippen LogP contribution < -0.4 is 5.32 Å². The molecule has 2 aromatic carbocycles. The highest BCUT2D eigenvalue weighted by Gasteiger charge is 2.30. The van der Waals surface area contributed by atoms with Crippen molar-refractivity contribution in [3.63, 3.8) is 0 Å². The number of benzene rings is 2. The molecule has 0 aliphatic rings. The molecule has 0 aliphatic heterocycles. The normalized spacial score (nSPS) is 11.4. The van der Waals surface area contributed by atoms with Gasteiger partial charge in [-0.1, -0.05) is 35.3 Å². The molecule has 0 unspecified atom stereocenters. The summed E-state index contributed by atoms with van der Waals surface area (Å²) in [5.74, 6) is 0. The van der Waals surface area contributed by atoms with E-state index in [0.717, 1.165) is 17.7 Å². The number of anilines is 1. The van der Waals surface area contributed by atoms with Crippen LogP contribution >= 0.6 is 23.2 Å². The van der Waals surface area contributed by atoms with E-state index in [4.69, 9.17) is 23.2 Å². The number of rotatable bonds is 3. The molecule has 0 heterocycles. The average Bonchev–Trinajstić information content (AvgIpc) is 2.36. The van der Waals surface area contributed by atoms with Gasteiger partial charge in [-0.2, -0.15) is 13.2 Å². The average molecular weight is 320 g/mol. The largest absolute Gasteiger partial charge is 0.416 e. The van der Waals surface area contributed by atoms with Gasteiger partial charge in [0, 0.05) is 11.6 Å². The number of alkyl halides is 3. The molecular formula is C14H10Cl2F3N. The van der Waals surface area contributed by atoms with Crippen molar-refractivity contribution in [1.82, 2.24) is 0 Å². The van der Waals surface area contributed by atoms with Crippen LogP contribution in [0.25, 0.3) is 0 Å². The maximum Gasteiger partial charge on any atom is 0.416 e. The van der Waals surface area contributed by atoms with E-state index in [1.165, 1.54) is 6.07 Å². The Morgan fingerprint density at radius 2 is 1.75 bits per heavy atom. The van der Waals surface area contributed by atoms with Crippen LogP contribution in [-0.2, 0) is 12.7 Å². The third-order valence-corrected chi connectivity index (χ3v) is 3.22. The summed E-state index contributed by atoms with van der Waals surface area (Å²) in [4.78, 5) is 0. The van der Waals surface area contributed by atoms with E-state index >= 15 is 0 Å². The molecule has 20 heavy (non-hydrogen) atoms. The van der Waals surface area contributed by atoms with E-state index in [1.54, 1.807) is 18.2 Å². The number of halogens is 5. The lowest BCUT2D eigenvalue weighted by atomic mass is 10.2. The van der Waals surface area contributed by atoms with Gasteiger partial charge >= 0.3 is 6.18 Å². The molecule has 0 fully saturated rings. The Kier molecular flexibility index (Phi) is 4.45. The second-order valence-corrected chi connectivity index (χ2v) is 5.02. The lowest BCUT2D eigenvalue weighted by Crippen LogP contribution is -2.06. The highest BCUT2D eigenvalue weighted by molar-refractivity contribution is 6.33. The zero-order valence-electron chi connectivity index (χ0n) is 10.1. The van der Waals surface area contributed by atoms with E-state index in [9.17, 15) is 13.2 Å². The first-order valence-electron chi connectivity index (χ1n) is 5.71. The summed E-state index contributed by atoms with van der Waals surface area (Å²) < 4.78 is 37.5. The SMILES string of the molecule is FC(F)(F)c1ccc(NCc2cccc(Cl)c2)c(Cl)c1. The van der Waals surface area contributed by atoms with Crippen molar-refractivity contribution < 1.29 is 13.2 Å². The molecule has 0 radical (unpaired) electrons. The first-order chi connectivity index (χ1) is 9.36. The van der Waals surface area contributed by atoms with Crippen molar-refractivity contribution in [2.75, 3.05) is 5.32 Å². The zero-order chi connectivity index (χ0) is 14.8. The molecule has 0 aliphatic carbocycles. The van der Waals surface area contributed by atoms with Crippen LogP contribution in [0.3, 0.4) is 0 Å². The maximum absolute atomic E-state index is 12.5. The molecule has 0 saturated heterocycles. The molecule has 0 amide bonds. The second-order valence-electron chi connectivity index (χ2n) is 4.18. The molecule has 0 spiro atoms. The van der Waals surface area contributed by atoms with Gasteiger partial charge in [-0.05, 0) is 35.9 Å². The molecule has 1 nitrogen and oxygen atoms in total. The minimum Gasteiger partial charge on any atom is -0.380 e. The molecule has 1 N–H and O–H groups in total. The molecule has 106 valence electrons. The van der Waals surface area contributed by atoms with Crippen molar-refractivity contribution in [1.29, 1.82) is 0 Å². The Morgan fingerprint density at radius 3 is 2.35 bits per heavy atom. The third-order valence-electron chi connectivity index (χ3n) is 2.67. The zero-order valence-corrected chi connectivity index (χ0v) is 11.7. The molecule has 0 saturated carbocycles. The number of nitrogens with one attached hydrogen (secondary N) is 1. The van der Waals surface area contributed by atoms with Gasteiger partial charge in [0.05, 0.1) is 16.3 Å². The van der Waals surface area contributed by atoms with E-state index in [-0.39, 0.29) is 5.02 Å². The van der Waals surface area contributed by atoms with E-state index in [1.807, 2.05) is 6.07 Å². The van der Waals surface area contributed by atoms with Gasteiger partial charge in [-0.15, -0.1) is 0 Å². The van der Waals surface area contributed by atoms with Crippen LogP contribution in [0.4, 0.5) is 18.9 Å². The Hall–Kier alpha value is -1.39. The second kappa shape index (κ2) is 5.94.